The molecule has 1 amide bonds. The Balaban J connectivity index is 1.75. The second kappa shape index (κ2) is 6.50. The highest BCUT2D eigenvalue weighted by Gasteiger charge is 2.09. The molecular weight excluding hydrogens is 316 g/mol. The normalized spacial score (nSPS) is 10.3. The number of aromatic nitrogens is 2. The van der Waals surface area contributed by atoms with E-state index in [1.54, 1.807) is 49.5 Å². The SMILES string of the molecule is Cc1cc(Nc2cncc(C(=O)Nc3cccc(Cl)c3)c2)no1. The fourth-order valence-corrected chi connectivity index (χ4v) is 2.17. The predicted octanol–water partition coefficient (Wildman–Crippen LogP) is 4.03. The summed E-state index contributed by atoms with van der Waals surface area (Å²) in [6.07, 6.45) is 3.08. The van der Waals surface area contributed by atoms with Crippen molar-refractivity contribution < 1.29 is 9.32 Å². The van der Waals surface area contributed by atoms with Crippen LogP contribution in [0, 0.1) is 6.92 Å². The molecule has 6 nitrogen and oxygen atoms in total. The quantitative estimate of drug-likeness (QED) is 0.756. The third-order valence-electron chi connectivity index (χ3n) is 2.98. The van der Waals surface area contributed by atoms with Gasteiger partial charge < -0.3 is 15.2 Å². The zero-order valence-electron chi connectivity index (χ0n) is 12.2. The van der Waals surface area contributed by atoms with Crippen molar-refractivity contribution in [2.45, 2.75) is 6.92 Å². The fourth-order valence-electron chi connectivity index (χ4n) is 1.98. The molecule has 0 bridgehead atoms. The van der Waals surface area contributed by atoms with Gasteiger partial charge in [-0.1, -0.05) is 22.8 Å². The lowest BCUT2D eigenvalue weighted by molar-refractivity contribution is 0.102. The van der Waals surface area contributed by atoms with Crippen LogP contribution >= 0.6 is 11.6 Å². The first kappa shape index (κ1) is 15.1. The van der Waals surface area contributed by atoms with Crippen molar-refractivity contribution in [1.82, 2.24) is 10.1 Å². The Kier molecular flexibility index (Phi) is 4.25. The molecule has 0 saturated carbocycles. The van der Waals surface area contributed by atoms with Gasteiger partial charge in [0.05, 0.1) is 17.4 Å². The van der Waals surface area contributed by atoms with Gasteiger partial charge in [-0.2, -0.15) is 0 Å². The average molecular weight is 329 g/mol. The molecule has 3 rings (SSSR count). The number of nitrogens with one attached hydrogen (secondary N) is 2. The van der Waals surface area contributed by atoms with E-state index in [0.29, 0.717) is 33.5 Å². The lowest BCUT2D eigenvalue weighted by Gasteiger charge is -2.07. The second-order valence-corrected chi connectivity index (χ2v) is 5.31. The fraction of sp³-hybridized carbons (Fsp3) is 0.0625. The number of hydrogen-bond donors (Lipinski definition) is 2. The number of amides is 1. The topological polar surface area (TPSA) is 80.0 Å². The van der Waals surface area contributed by atoms with Gasteiger partial charge in [-0.05, 0) is 31.2 Å². The zero-order valence-corrected chi connectivity index (χ0v) is 13.0. The molecule has 23 heavy (non-hydrogen) atoms. The van der Waals surface area contributed by atoms with E-state index >= 15 is 0 Å². The van der Waals surface area contributed by atoms with Crippen LogP contribution < -0.4 is 10.6 Å². The summed E-state index contributed by atoms with van der Waals surface area (Å²) in [4.78, 5) is 16.3. The first-order valence-electron chi connectivity index (χ1n) is 6.82. The predicted molar refractivity (Wildman–Crippen MR) is 88.2 cm³/mol. The van der Waals surface area contributed by atoms with Crippen LogP contribution in [0.2, 0.25) is 5.02 Å². The van der Waals surface area contributed by atoms with E-state index < -0.39 is 0 Å². The highest BCUT2D eigenvalue weighted by Crippen LogP contribution is 2.18. The van der Waals surface area contributed by atoms with Gasteiger partial charge >= 0.3 is 0 Å². The number of rotatable bonds is 4. The van der Waals surface area contributed by atoms with Gasteiger partial charge in [0.1, 0.15) is 5.76 Å². The Morgan fingerprint density at radius 3 is 2.78 bits per heavy atom. The van der Waals surface area contributed by atoms with E-state index in [4.69, 9.17) is 16.1 Å². The summed E-state index contributed by atoms with van der Waals surface area (Å²) < 4.78 is 4.98. The maximum Gasteiger partial charge on any atom is 0.257 e. The van der Waals surface area contributed by atoms with Crippen LogP contribution in [0.15, 0.2) is 53.3 Å². The molecule has 2 heterocycles. The lowest BCUT2D eigenvalue weighted by atomic mass is 10.2. The van der Waals surface area contributed by atoms with Crippen molar-refractivity contribution in [2.24, 2.45) is 0 Å². The Labute approximate surface area is 137 Å². The third kappa shape index (κ3) is 3.87. The van der Waals surface area contributed by atoms with Gasteiger partial charge in [-0.25, -0.2) is 0 Å². The zero-order chi connectivity index (χ0) is 16.2. The molecular formula is C16H13ClN4O2. The van der Waals surface area contributed by atoms with E-state index in [-0.39, 0.29) is 5.91 Å². The largest absolute Gasteiger partial charge is 0.360 e. The van der Waals surface area contributed by atoms with Gasteiger partial charge in [-0.3, -0.25) is 9.78 Å². The number of halogens is 1. The Bertz CT molecular complexity index is 847. The molecule has 0 aliphatic carbocycles. The summed E-state index contributed by atoms with van der Waals surface area (Å²) in [7, 11) is 0. The number of benzene rings is 1. The van der Waals surface area contributed by atoms with Crippen molar-refractivity contribution in [1.29, 1.82) is 0 Å². The number of hydrogen-bond acceptors (Lipinski definition) is 5. The van der Waals surface area contributed by atoms with Crippen LogP contribution in [0.25, 0.3) is 0 Å². The van der Waals surface area contributed by atoms with E-state index in [2.05, 4.69) is 20.8 Å². The Morgan fingerprint density at radius 2 is 2.04 bits per heavy atom. The van der Waals surface area contributed by atoms with Crippen molar-refractivity contribution in [3.63, 3.8) is 0 Å². The number of nitrogens with zero attached hydrogens (tertiary/aromatic N) is 2. The smallest absolute Gasteiger partial charge is 0.257 e. The van der Waals surface area contributed by atoms with Crippen LogP contribution in [0.5, 0.6) is 0 Å². The number of anilines is 3. The van der Waals surface area contributed by atoms with Gasteiger partial charge in [-0.15, -0.1) is 0 Å². The summed E-state index contributed by atoms with van der Waals surface area (Å²) in [6.45, 7) is 1.80. The summed E-state index contributed by atoms with van der Waals surface area (Å²) in [6, 6.07) is 10.4. The van der Waals surface area contributed by atoms with Crippen LogP contribution in [-0.2, 0) is 0 Å². The highest BCUT2D eigenvalue weighted by atomic mass is 35.5. The molecule has 7 heteroatoms. The summed E-state index contributed by atoms with van der Waals surface area (Å²) in [5.74, 6) is 0.965. The standard InChI is InChI=1S/C16H13ClN4O2/c1-10-5-15(21-23-10)19-14-6-11(8-18-9-14)16(22)20-13-4-2-3-12(17)7-13/h2-9H,1H3,(H,19,21)(H,20,22). The van der Waals surface area contributed by atoms with Crippen LogP contribution in [0.3, 0.4) is 0 Å². The van der Waals surface area contributed by atoms with E-state index in [9.17, 15) is 4.79 Å². The molecule has 2 N–H and O–H groups in total. The molecule has 116 valence electrons. The van der Waals surface area contributed by atoms with Crippen molar-refractivity contribution in [2.75, 3.05) is 10.6 Å². The van der Waals surface area contributed by atoms with Crippen molar-refractivity contribution in [3.8, 4) is 0 Å². The van der Waals surface area contributed by atoms with Crippen LogP contribution in [0.4, 0.5) is 17.2 Å². The molecule has 0 aliphatic rings. The molecule has 0 spiro atoms. The third-order valence-corrected chi connectivity index (χ3v) is 3.22. The molecule has 2 aromatic heterocycles. The first-order valence-corrected chi connectivity index (χ1v) is 7.20. The molecule has 0 atom stereocenters. The number of carbonyl (C=O) groups is 1. The number of carbonyl (C=O) groups excluding carboxylic acids is 1. The van der Waals surface area contributed by atoms with Gasteiger partial charge in [0.2, 0.25) is 0 Å². The molecule has 0 aliphatic heterocycles. The maximum absolute atomic E-state index is 12.3. The summed E-state index contributed by atoms with van der Waals surface area (Å²) in [5.41, 5.74) is 1.67. The van der Waals surface area contributed by atoms with Crippen LogP contribution in [-0.4, -0.2) is 16.0 Å². The number of pyridine rings is 1. The Hall–Kier alpha value is -2.86. The molecule has 0 unspecified atom stereocenters. The maximum atomic E-state index is 12.3. The van der Waals surface area contributed by atoms with Gasteiger partial charge in [0.15, 0.2) is 5.82 Å². The molecule has 0 radical (unpaired) electrons. The van der Waals surface area contributed by atoms with Gasteiger partial charge in [0.25, 0.3) is 5.91 Å². The summed E-state index contributed by atoms with van der Waals surface area (Å²) in [5, 5.41) is 10.2. The first-order chi connectivity index (χ1) is 11.1. The van der Waals surface area contributed by atoms with E-state index in [0.717, 1.165) is 0 Å². The monoisotopic (exact) mass is 328 g/mol. The molecule has 0 fully saturated rings. The minimum Gasteiger partial charge on any atom is -0.360 e. The van der Waals surface area contributed by atoms with Crippen molar-refractivity contribution >= 4 is 34.7 Å². The highest BCUT2D eigenvalue weighted by molar-refractivity contribution is 6.30. The minimum absolute atomic E-state index is 0.278. The van der Waals surface area contributed by atoms with E-state index in [1.165, 1.54) is 6.20 Å². The van der Waals surface area contributed by atoms with Crippen LogP contribution in [0.1, 0.15) is 16.1 Å². The Morgan fingerprint density at radius 1 is 1.17 bits per heavy atom. The lowest BCUT2D eigenvalue weighted by Crippen LogP contribution is -2.12. The summed E-state index contributed by atoms with van der Waals surface area (Å²) >= 11 is 5.90. The minimum atomic E-state index is -0.278. The molecule has 1 aromatic carbocycles. The van der Waals surface area contributed by atoms with Crippen molar-refractivity contribution in [3.05, 3.63) is 65.1 Å². The molecule has 0 saturated heterocycles. The average Bonchev–Trinajstić information content (AvgIpc) is 2.92. The van der Waals surface area contributed by atoms with Gasteiger partial charge in [0, 0.05) is 23.0 Å². The second-order valence-electron chi connectivity index (χ2n) is 4.87. The molecule has 3 aromatic rings. The van der Waals surface area contributed by atoms with E-state index in [1.807, 2.05) is 0 Å². The number of aryl methyl sites for hydroxylation is 1.